The summed E-state index contributed by atoms with van der Waals surface area (Å²) in [5.41, 5.74) is 2.14. The number of aromatic nitrogens is 1. The first kappa shape index (κ1) is 17.0. The number of pyridine rings is 1. The van der Waals surface area contributed by atoms with Crippen molar-refractivity contribution in [1.29, 1.82) is 5.26 Å². The minimum Gasteiger partial charge on any atom is -0.449 e. The zero-order valence-corrected chi connectivity index (χ0v) is 14.5. The first-order valence-corrected chi connectivity index (χ1v) is 8.22. The number of hydrogen-bond donors (Lipinski definition) is 0. The summed E-state index contributed by atoms with van der Waals surface area (Å²) in [6.45, 7) is 2.51. The molecule has 0 bridgehead atoms. The van der Waals surface area contributed by atoms with E-state index in [4.69, 9.17) is 21.3 Å². The minimum absolute atomic E-state index is 0.242. The Labute approximate surface area is 150 Å². The topological polar surface area (TPSA) is 70.1 Å². The summed E-state index contributed by atoms with van der Waals surface area (Å²) in [4.78, 5) is 18.7. The van der Waals surface area contributed by atoms with Gasteiger partial charge in [-0.15, -0.1) is 0 Å². The molecular formula is C19H16ClN3O2. The van der Waals surface area contributed by atoms with Gasteiger partial charge in [-0.05, 0) is 24.6 Å². The van der Waals surface area contributed by atoms with Crippen LogP contribution in [0.4, 0.5) is 0 Å². The van der Waals surface area contributed by atoms with Gasteiger partial charge in [0.25, 0.3) is 5.91 Å². The molecule has 0 spiro atoms. The predicted octanol–water partition coefficient (Wildman–Crippen LogP) is 4.35. The van der Waals surface area contributed by atoms with Gasteiger partial charge in [0, 0.05) is 36.4 Å². The number of carbonyl (C=O) groups excluding carboxylic acids is 1. The number of furan rings is 1. The number of halogens is 1. The number of aryl methyl sites for hydroxylation is 1. The highest BCUT2D eigenvalue weighted by molar-refractivity contribution is 6.35. The normalized spacial score (nSPS) is 10.6. The summed E-state index contributed by atoms with van der Waals surface area (Å²) in [5, 5.41) is 10.2. The summed E-state index contributed by atoms with van der Waals surface area (Å²) in [6, 6.07) is 11.2. The zero-order chi connectivity index (χ0) is 17.8. The minimum atomic E-state index is -0.260. The molecule has 2 heterocycles. The van der Waals surface area contributed by atoms with Crippen molar-refractivity contribution in [3.05, 3.63) is 64.6 Å². The summed E-state index contributed by atoms with van der Waals surface area (Å²) in [5.74, 6) is -0.00574. The fourth-order valence-electron chi connectivity index (χ4n) is 2.71. The lowest BCUT2D eigenvalue weighted by molar-refractivity contribution is 0.0716. The van der Waals surface area contributed by atoms with Crippen LogP contribution in [0.5, 0.6) is 0 Å². The number of fused-ring (bicyclic) bond motifs is 1. The third kappa shape index (κ3) is 3.49. The molecule has 6 heteroatoms. The van der Waals surface area contributed by atoms with Crippen molar-refractivity contribution >= 4 is 28.5 Å². The van der Waals surface area contributed by atoms with Crippen LogP contribution < -0.4 is 0 Å². The van der Waals surface area contributed by atoms with Crippen molar-refractivity contribution in [3.8, 4) is 6.07 Å². The van der Waals surface area contributed by atoms with Gasteiger partial charge < -0.3 is 9.32 Å². The Bertz CT molecular complexity index is 944. The van der Waals surface area contributed by atoms with Crippen LogP contribution in [0.1, 0.15) is 28.1 Å². The maximum atomic E-state index is 13.0. The van der Waals surface area contributed by atoms with Crippen LogP contribution in [0, 0.1) is 18.3 Å². The number of nitriles is 1. The summed E-state index contributed by atoms with van der Waals surface area (Å²) < 4.78 is 5.77. The van der Waals surface area contributed by atoms with Crippen LogP contribution in [0.3, 0.4) is 0 Å². The number of benzene rings is 1. The number of amides is 1. The van der Waals surface area contributed by atoms with Gasteiger partial charge in [0.15, 0.2) is 11.3 Å². The predicted molar refractivity (Wildman–Crippen MR) is 95.2 cm³/mol. The fraction of sp³-hybridized carbons (Fsp3) is 0.211. The third-order valence-corrected chi connectivity index (χ3v) is 4.28. The van der Waals surface area contributed by atoms with Crippen molar-refractivity contribution < 1.29 is 9.21 Å². The molecule has 3 rings (SSSR count). The second-order valence-corrected chi connectivity index (χ2v) is 6.08. The first-order chi connectivity index (χ1) is 12.1. The summed E-state index contributed by atoms with van der Waals surface area (Å²) in [7, 11) is 0. The van der Waals surface area contributed by atoms with Crippen molar-refractivity contribution in [2.24, 2.45) is 0 Å². The summed E-state index contributed by atoms with van der Waals surface area (Å²) >= 11 is 6.17. The van der Waals surface area contributed by atoms with Crippen molar-refractivity contribution in [3.63, 3.8) is 0 Å². The lowest BCUT2D eigenvalue weighted by atomic mass is 10.1. The Morgan fingerprint density at radius 2 is 2.20 bits per heavy atom. The van der Waals surface area contributed by atoms with Crippen molar-refractivity contribution in [1.82, 2.24) is 9.88 Å². The van der Waals surface area contributed by atoms with E-state index in [0.717, 1.165) is 16.5 Å². The van der Waals surface area contributed by atoms with Gasteiger partial charge in [-0.3, -0.25) is 9.78 Å². The molecule has 126 valence electrons. The van der Waals surface area contributed by atoms with Gasteiger partial charge in [-0.25, -0.2) is 0 Å². The second-order valence-electron chi connectivity index (χ2n) is 5.67. The Hall–Kier alpha value is -2.84. The molecule has 0 saturated heterocycles. The van der Waals surface area contributed by atoms with Gasteiger partial charge in [0.1, 0.15) is 0 Å². The lowest BCUT2D eigenvalue weighted by Gasteiger charge is -2.20. The Morgan fingerprint density at radius 3 is 2.88 bits per heavy atom. The van der Waals surface area contributed by atoms with E-state index in [1.807, 2.05) is 31.2 Å². The van der Waals surface area contributed by atoms with Crippen LogP contribution in [-0.4, -0.2) is 22.3 Å². The van der Waals surface area contributed by atoms with E-state index in [1.54, 1.807) is 23.4 Å². The van der Waals surface area contributed by atoms with E-state index < -0.39 is 0 Å². The van der Waals surface area contributed by atoms with Crippen LogP contribution in [0.25, 0.3) is 11.0 Å². The Kier molecular flexibility index (Phi) is 5.01. The molecule has 3 aromatic rings. The number of rotatable bonds is 5. The van der Waals surface area contributed by atoms with Gasteiger partial charge in [0.05, 0.1) is 17.5 Å². The second kappa shape index (κ2) is 7.37. The molecular weight excluding hydrogens is 338 g/mol. The van der Waals surface area contributed by atoms with Gasteiger partial charge >= 0.3 is 0 Å². The molecule has 1 amide bonds. The maximum Gasteiger partial charge on any atom is 0.290 e. The third-order valence-electron chi connectivity index (χ3n) is 3.99. The lowest BCUT2D eigenvalue weighted by Crippen LogP contribution is -2.31. The number of para-hydroxylation sites is 1. The van der Waals surface area contributed by atoms with Crippen LogP contribution >= 0.6 is 11.6 Å². The SMILES string of the molecule is Cc1c(C(=O)N(CCC#N)Cc2cccnc2)oc2c(Cl)cccc12. The molecule has 0 unspecified atom stereocenters. The molecule has 2 aromatic heterocycles. The highest BCUT2D eigenvalue weighted by atomic mass is 35.5. The van der Waals surface area contributed by atoms with Crippen LogP contribution in [0.2, 0.25) is 5.02 Å². The van der Waals surface area contributed by atoms with E-state index in [-0.39, 0.29) is 18.1 Å². The molecule has 0 aliphatic carbocycles. The van der Waals surface area contributed by atoms with Crippen LogP contribution in [0.15, 0.2) is 47.1 Å². The molecule has 5 nitrogen and oxygen atoms in total. The Morgan fingerprint density at radius 1 is 1.36 bits per heavy atom. The fourth-order valence-corrected chi connectivity index (χ4v) is 2.92. The quantitative estimate of drug-likeness (QED) is 0.683. The largest absolute Gasteiger partial charge is 0.449 e. The van der Waals surface area contributed by atoms with E-state index in [9.17, 15) is 4.79 Å². The van der Waals surface area contributed by atoms with E-state index >= 15 is 0 Å². The summed E-state index contributed by atoms with van der Waals surface area (Å²) in [6.07, 6.45) is 3.62. The number of carbonyl (C=O) groups is 1. The molecule has 0 fully saturated rings. The zero-order valence-electron chi connectivity index (χ0n) is 13.7. The molecule has 1 aromatic carbocycles. The van der Waals surface area contributed by atoms with E-state index in [2.05, 4.69) is 11.1 Å². The molecule has 25 heavy (non-hydrogen) atoms. The van der Waals surface area contributed by atoms with Gasteiger partial charge in [-0.1, -0.05) is 29.8 Å². The smallest absolute Gasteiger partial charge is 0.290 e. The van der Waals surface area contributed by atoms with Gasteiger partial charge in [-0.2, -0.15) is 5.26 Å². The number of hydrogen-bond acceptors (Lipinski definition) is 4. The van der Waals surface area contributed by atoms with Crippen molar-refractivity contribution in [2.45, 2.75) is 19.9 Å². The van der Waals surface area contributed by atoms with Crippen molar-refractivity contribution in [2.75, 3.05) is 6.54 Å². The van der Waals surface area contributed by atoms with Gasteiger partial charge in [0.2, 0.25) is 0 Å². The highest BCUT2D eigenvalue weighted by Crippen LogP contribution is 2.31. The molecule has 0 aliphatic rings. The van der Waals surface area contributed by atoms with E-state index in [0.29, 0.717) is 23.7 Å². The van der Waals surface area contributed by atoms with E-state index in [1.165, 1.54) is 0 Å². The van der Waals surface area contributed by atoms with Crippen LogP contribution in [-0.2, 0) is 6.54 Å². The highest BCUT2D eigenvalue weighted by Gasteiger charge is 2.24. The molecule has 0 atom stereocenters. The Balaban J connectivity index is 1.96. The molecule has 0 radical (unpaired) electrons. The average Bonchev–Trinajstić information content (AvgIpc) is 2.97. The maximum absolute atomic E-state index is 13.0. The molecule has 0 saturated carbocycles. The molecule has 0 N–H and O–H groups in total. The first-order valence-electron chi connectivity index (χ1n) is 7.84. The average molecular weight is 354 g/mol. The monoisotopic (exact) mass is 353 g/mol. The standard InChI is InChI=1S/C19H16ClN3O2/c1-13-15-6-2-7-16(20)18(15)25-17(13)19(24)23(10-4-8-21)12-14-5-3-9-22-11-14/h2-3,5-7,9,11H,4,10,12H2,1H3. The molecule has 0 aliphatic heterocycles. The number of nitrogens with zero attached hydrogens (tertiary/aromatic N) is 3.